The van der Waals surface area contributed by atoms with Crippen LogP contribution in [0.2, 0.25) is 0 Å². The second-order valence-electron chi connectivity index (χ2n) is 17.2. The molecular formula is C63H40N4. The van der Waals surface area contributed by atoms with Gasteiger partial charge in [0.1, 0.15) is 0 Å². The third kappa shape index (κ3) is 6.65. The predicted molar refractivity (Wildman–Crippen MR) is 279 cm³/mol. The van der Waals surface area contributed by atoms with Gasteiger partial charge in [-0.25, -0.2) is 15.0 Å². The molecule has 0 amide bonds. The van der Waals surface area contributed by atoms with Crippen molar-refractivity contribution in [1.82, 2.24) is 19.5 Å². The molecule has 0 bridgehead atoms. The Morgan fingerprint density at radius 3 is 1.55 bits per heavy atom. The highest BCUT2D eigenvalue weighted by Gasteiger charge is 2.19. The van der Waals surface area contributed by atoms with Gasteiger partial charge in [0.05, 0.1) is 11.0 Å². The first-order chi connectivity index (χ1) is 33.2. The molecule has 13 aromatic rings. The summed E-state index contributed by atoms with van der Waals surface area (Å²) in [5.74, 6) is 1.86. The Labute approximate surface area is 387 Å². The number of fused-ring (bicyclic) bond motifs is 7. The van der Waals surface area contributed by atoms with Gasteiger partial charge in [0.2, 0.25) is 0 Å². The van der Waals surface area contributed by atoms with Crippen LogP contribution in [0.15, 0.2) is 243 Å². The molecule has 312 valence electrons. The number of hydrogen-bond acceptors (Lipinski definition) is 3. The molecule has 2 aromatic heterocycles. The Morgan fingerprint density at radius 1 is 0.269 bits per heavy atom. The average molecular weight is 853 g/mol. The number of rotatable bonds is 7. The summed E-state index contributed by atoms with van der Waals surface area (Å²) in [7, 11) is 0. The van der Waals surface area contributed by atoms with Crippen LogP contribution in [-0.4, -0.2) is 19.5 Å². The van der Waals surface area contributed by atoms with Gasteiger partial charge in [-0.15, -0.1) is 0 Å². The van der Waals surface area contributed by atoms with E-state index >= 15 is 0 Å². The summed E-state index contributed by atoms with van der Waals surface area (Å²) in [6.07, 6.45) is 0. The fraction of sp³-hybridized carbons (Fsp3) is 0. The van der Waals surface area contributed by atoms with Crippen molar-refractivity contribution in [3.05, 3.63) is 243 Å². The zero-order valence-electron chi connectivity index (χ0n) is 36.4. The van der Waals surface area contributed by atoms with Crippen LogP contribution in [0.1, 0.15) is 0 Å². The van der Waals surface area contributed by atoms with Crippen LogP contribution in [0, 0.1) is 0 Å². The SMILES string of the molecule is c1ccc(-c2cccc(-c3nc(-c4ccc(-c5c6ccccc6cc6c5ccc5ccccc56)cc4)nc(-c4ccc(-c5cccc6c5c5ccccc5n6-c5ccccc5)cc4)n3)c2)cc1. The molecule has 4 heteroatoms. The quantitative estimate of drug-likeness (QED) is 0.118. The standard InChI is InChI=1S/C63H40N4/c1-3-15-41(16-4-1)47-19-13-20-49(39-47)63-65-61(45-33-29-43(30-34-45)52-26-14-28-58-60(52)55-25-11-12-27-57(55)67(58)50-21-5-2-6-22-50)64-62(66-63)46-35-31-44(32-36-46)59-53-24-10-8-18-48(53)40-56-51-23-9-7-17-42(51)37-38-54(56)59/h1-40H. The maximum atomic E-state index is 5.22. The third-order valence-electron chi connectivity index (χ3n) is 13.2. The van der Waals surface area contributed by atoms with Crippen LogP contribution >= 0.6 is 0 Å². The average Bonchev–Trinajstić information content (AvgIpc) is 3.75. The molecule has 0 saturated heterocycles. The Hall–Kier alpha value is -8.99. The van der Waals surface area contributed by atoms with Crippen molar-refractivity contribution < 1.29 is 0 Å². The largest absolute Gasteiger partial charge is 0.309 e. The van der Waals surface area contributed by atoms with E-state index in [0.29, 0.717) is 17.5 Å². The molecule has 0 atom stereocenters. The Kier molecular flexibility index (Phi) is 9.14. The van der Waals surface area contributed by atoms with E-state index in [2.05, 4.69) is 241 Å². The molecule has 0 aliphatic rings. The molecular weight excluding hydrogens is 813 g/mol. The van der Waals surface area contributed by atoms with Gasteiger partial charge in [0.25, 0.3) is 0 Å². The molecule has 4 nitrogen and oxygen atoms in total. The lowest BCUT2D eigenvalue weighted by Gasteiger charge is -2.15. The minimum Gasteiger partial charge on any atom is -0.309 e. The third-order valence-corrected chi connectivity index (χ3v) is 13.2. The monoisotopic (exact) mass is 852 g/mol. The summed E-state index contributed by atoms with van der Waals surface area (Å²) in [6, 6.07) is 86.5. The molecule has 13 rings (SSSR count). The van der Waals surface area contributed by atoms with Gasteiger partial charge >= 0.3 is 0 Å². The van der Waals surface area contributed by atoms with Crippen molar-refractivity contribution in [2.45, 2.75) is 0 Å². The fourth-order valence-corrected chi connectivity index (χ4v) is 10.1. The summed E-state index contributed by atoms with van der Waals surface area (Å²) >= 11 is 0. The van der Waals surface area contributed by atoms with E-state index in [-0.39, 0.29) is 0 Å². The summed E-state index contributed by atoms with van der Waals surface area (Å²) in [4.78, 5) is 15.6. The van der Waals surface area contributed by atoms with Crippen molar-refractivity contribution >= 4 is 54.1 Å². The Balaban J connectivity index is 0.935. The lowest BCUT2D eigenvalue weighted by atomic mass is 9.89. The minimum absolute atomic E-state index is 0.617. The van der Waals surface area contributed by atoms with Gasteiger partial charge in [-0.1, -0.05) is 206 Å². The van der Waals surface area contributed by atoms with Crippen molar-refractivity contribution in [1.29, 1.82) is 0 Å². The van der Waals surface area contributed by atoms with E-state index in [1.165, 1.54) is 65.3 Å². The molecule has 0 spiro atoms. The van der Waals surface area contributed by atoms with Gasteiger partial charge in [-0.3, -0.25) is 0 Å². The van der Waals surface area contributed by atoms with Crippen LogP contribution in [0.5, 0.6) is 0 Å². The van der Waals surface area contributed by atoms with E-state index in [4.69, 9.17) is 15.0 Å². The summed E-state index contributed by atoms with van der Waals surface area (Å²) < 4.78 is 2.36. The summed E-state index contributed by atoms with van der Waals surface area (Å²) in [5, 5.41) is 9.87. The van der Waals surface area contributed by atoms with Gasteiger partial charge in [0.15, 0.2) is 17.5 Å². The molecule has 2 heterocycles. The second-order valence-corrected chi connectivity index (χ2v) is 17.2. The van der Waals surface area contributed by atoms with Crippen LogP contribution in [0.25, 0.3) is 127 Å². The maximum absolute atomic E-state index is 5.22. The van der Waals surface area contributed by atoms with Crippen molar-refractivity contribution in [3.63, 3.8) is 0 Å². The smallest absolute Gasteiger partial charge is 0.164 e. The van der Waals surface area contributed by atoms with Crippen molar-refractivity contribution in [3.8, 4) is 73.2 Å². The number of para-hydroxylation sites is 2. The summed E-state index contributed by atoms with van der Waals surface area (Å²) in [6.45, 7) is 0. The molecule has 0 saturated carbocycles. The van der Waals surface area contributed by atoms with Crippen molar-refractivity contribution in [2.75, 3.05) is 0 Å². The van der Waals surface area contributed by atoms with E-state index in [1.807, 2.05) is 6.07 Å². The Bertz CT molecular complexity index is 4010. The lowest BCUT2D eigenvalue weighted by Crippen LogP contribution is -2.00. The van der Waals surface area contributed by atoms with Gasteiger partial charge in [0, 0.05) is 33.2 Å². The zero-order chi connectivity index (χ0) is 44.3. The van der Waals surface area contributed by atoms with Gasteiger partial charge in [-0.05, 0) is 102 Å². The molecule has 0 aliphatic carbocycles. The zero-order valence-corrected chi connectivity index (χ0v) is 36.4. The first-order valence-corrected chi connectivity index (χ1v) is 22.8. The first-order valence-electron chi connectivity index (χ1n) is 22.8. The lowest BCUT2D eigenvalue weighted by molar-refractivity contribution is 1.07. The summed E-state index contributed by atoms with van der Waals surface area (Å²) in [5.41, 5.74) is 13.2. The molecule has 0 radical (unpaired) electrons. The normalized spacial score (nSPS) is 11.6. The number of hydrogen-bond donors (Lipinski definition) is 0. The van der Waals surface area contributed by atoms with Gasteiger partial charge < -0.3 is 4.57 Å². The first kappa shape index (κ1) is 38.5. The molecule has 0 fully saturated rings. The minimum atomic E-state index is 0.617. The van der Waals surface area contributed by atoms with Gasteiger partial charge in [-0.2, -0.15) is 0 Å². The number of benzene rings is 11. The van der Waals surface area contributed by atoms with Crippen LogP contribution in [0.3, 0.4) is 0 Å². The molecule has 0 aliphatic heterocycles. The van der Waals surface area contributed by atoms with Crippen LogP contribution in [-0.2, 0) is 0 Å². The molecule has 0 unspecified atom stereocenters. The number of nitrogens with zero attached hydrogens (tertiary/aromatic N) is 4. The van der Waals surface area contributed by atoms with E-state index < -0.39 is 0 Å². The highest BCUT2D eigenvalue weighted by molar-refractivity contribution is 6.20. The van der Waals surface area contributed by atoms with Crippen LogP contribution < -0.4 is 0 Å². The topological polar surface area (TPSA) is 43.6 Å². The highest BCUT2D eigenvalue weighted by atomic mass is 15.0. The molecule has 0 N–H and O–H groups in total. The van der Waals surface area contributed by atoms with Crippen LogP contribution in [0.4, 0.5) is 0 Å². The maximum Gasteiger partial charge on any atom is 0.164 e. The molecule has 67 heavy (non-hydrogen) atoms. The Morgan fingerprint density at radius 2 is 0.806 bits per heavy atom. The van der Waals surface area contributed by atoms with Crippen molar-refractivity contribution in [2.24, 2.45) is 0 Å². The predicted octanol–water partition coefficient (Wildman–Crippen LogP) is 16.4. The molecule has 11 aromatic carbocycles. The fourth-order valence-electron chi connectivity index (χ4n) is 10.1. The number of aromatic nitrogens is 4. The van der Waals surface area contributed by atoms with E-state index in [9.17, 15) is 0 Å². The van der Waals surface area contributed by atoms with E-state index in [1.54, 1.807) is 0 Å². The van der Waals surface area contributed by atoms with E-state index in [0.717, 1.165) is 44.6 Å². The second kappa shape index (κ2) is 15.9. The highest BCUT2D eigenvalue weighted by Crippen LogP contribution is 2.41.